The smallest absolute Gasteiger partial charge is 0.315 e. The molecule has 7 atom stereocenters. The standard InChI is InChI=1S/C39H66N10O12S/c1-21(2)15-23(17-30(51)49-61)36(57)45-25(12-13-33(54)55)38(59)46-26(16-22(3)4)37(58)43-18-31(52)42-19-32(53)44-24(35(40)56)9-7-8-14-41-29(50)11-6-5-10-28-34-27(20-62-28)47-39(60)48-34/h21-28,34,61H,5-20H2,1-4H3,(H2,40,56)(H,41,50)(H,42,52)(H,43,58)(H,44,53)(H,45,57)(H,46,59)(H,49,51)(H,54,55)(H2,47,48,60)/t23?,24-,25-,26-,27-,28-,34-/m0/s1. The van der Waals surface area contributed by atoms with Crippen molar-refractivity contribution in [3.63, 3.8) is 0 Å². The number of hydroxylamine groups is 1. The topological polar surface area (TPSA) is 345 Å². The summed E-state index contributed by atoms with van der Waals surface area (Å²) in [4.78, 5) is 124. The molecule has 2 fully saturated rings. The van der Waals surface area contributed by atoms with E-state index >= 15 is 0 Å². The highest BCUT2D eigenvalue weighted by Gasteiger charge is 2.42. The van der Waals surface area contributed by atoms with Crippen LogP contribution in [0.4, 0.5) is 4.79 Å². The summed E-state index contributed by atoms with van der Waals surface area (Å²) in [7, 11) is 0. The molecule has 2 aliphatic rings. The van der Waals surface area contributed by atoms with Crippen molar-refractivity contribution in [1.29, 1.82) is 0 Å². The Hall–Kier alpha value is -5.19. The van der Waals surface area contributed by atoms with Crippen LogP contribution in [0.25, 0.3) is 0 Å². The second-order valence-corrected chi connectivity index (χ2v) is 17.8. The number of urea groups is 1. The van der Waals surface area contributed by atoms with Gasteiger partial charge in [-0.05, 0) is 63.2 Å². The zero-order valence-electron chi connectivity index (χ0n) is 36.0. The lowest BCUT2D eigenvalue weighted by Crippen LogP contribution is -2.55. The number of hydrogen-bond acceptors (Lipinski definition) is 12. The summed E-state index contributed by atoms with van der Waals surface area (Å²) in [6.07, 6.45) is 3.10. The zero-order chi connectivity index (χ0) is 46.4. The molecule has 22 nitrogen and oxygen atoms in total. The van der Waals surface area contributed by atoms with E-state index in [-0.39, 0.29) is 61.5 Å². The lowest BCUT2D eigenvalue weighted by molar-refractivity contribution is -0.139. The third-order valence-electron chi connectivity index (χ3n) is 10.2. The van der Waals surface area contributed by atoms with Gasteiger partial charge in [-0.1, -0.05) is 34.1 Å². The molecule has 0 aromatic rings. The van der Waals surface area contributed by atoms with Crippen LogP contribution in [-0.2, 0) is 43.2 Å². The van der Waals surface area contributed by atoms with Crippen molar-refractivity contribution in [2.45, 2.75) is 140 Å². The number of carboxylic acids is 1. The molecule has 2 aliphatic heterocycles. The molecule has 0 aromatic heterocycles. The number of carbonyl (C=O) groups excluding carboxylic acids is 9. The number of primary amides is 1. The number of hydrogen-bond donors (Lipinski definition) is 12. The minimum Gasteiger partial charge on any atom is -0.481 e. The van der Waals surface area contributed by atoms with E-state index in [0.717, 1.165) is 25.0 Å². The van der Waals surface area contributed by atoms with Gasteiger partial charge in [-0.15, -0.1) is 0 Å². The summed E-state index contributed by atoms with van der Waals surface area (Å²) in [5.41, 5.74) is 6.94. The molecule has 0 bridgehead atoms. The van der Waals surface area contributed by atoms with E-state index in [2.05, 4.69) is 42.5 Å². The van der Waals surface area contributed by atoms with E-state index in [1.165, 1.54) is 5.48 Å². The number of fused-ring (bicyclic) bond motifs is 1. The molecule has 2 rings (SSSR count). The Morgan fingerprint density at radius 1 is 0.710 bits per heavy atom. The fraction of sp³-hybridized carbons (Fsp3) is 0.744. The van der Waals surface area contributed by atoms with Gasteiger partial charge in [0.25, 0.3) is 0 Å². The minimum atomic E-state index is -1.40. The van der Waals surface area contributed by atoms with Gasteiger partial charge in [0.2, 0.25) is 47.3 Å². The van der Waals surface area contributed by atoms with E-state index < -0.39 is 97.3 Å². The highest BCUT2D eigenvalue weighted by Crippen LogP contribution is 2.33. The first-order chi connectivity index (χ1) is 29.3. The zero-order valence-corrected chi connectivity index (χ0v) is 36.8. The lowest BCUT2D eigenvalue weighted by Gasteiger charge is -2.26. The summed E-state index contributed by atoms with van der Waals surface area (Å²) in [5, 5.41) is 39.4. The Morgan fingerprint density at radius 3 is 2.03 bits per heavy atom. The predicted octanol–water partition coefficient (Wildman–Crippen LogP) is -1.36. The molecular weight excluding hydrogens is 833 g/mol. The van der Waals surface area contributed by atoms with Crippen LogP contribution in [-0.4, -0.2) is 130 Å². The third kappa shape index (κ3) is 20.6. The van der Waals surface area contributed by atoms with Crippen LogP contribution in [0.3, 0.4) is 0 Å². The maximum atomic E-state index is 13.4. The number of rotatable bonds is 30. The second-order valence-electron chi connectivity index (χ2n) is 16.5. The SMILES string of the molecule is CC(C)CC(CC(=O)NO)C(=O)N[C@@H](CCC(=O)O)C(=O)N[C@@H](CC(C)C)C(=O)NCC(=O)NCC(=O)N[C@@H](CCCCNC(=O)CCCC[C@@H]1SC[C@@H]2NC(=O)N[C@@H]21)C(N)=O. The molecular formula is C39H66N10O12S. The maximum Gasteiger partial charge on any atom is 0.315 e. The predicted molar refractivity (Wildman–Crippen MR) is 226 cm³/mol. The normalized spacial score (nSPS) is 18.5. The van der Waals surface area contributed by atoms with Crippen molar-refractivity contribution in [1.82, 2.24) is 48.0 Å². The summed E-state index contributed by atoms with van der Waals surface area (Å²) < 4.78 is 0. The van der Waals surface area contributed by atoms with Crippen LogP contribution in [0, 0.1) is 17.8 Å². The van der Waals surface area contributed by atoms with Crippen molar-refractivity contribution in [2.75, 3.05) is 25.4 Å². The van der Waals surface area contributed by atoms with Gasteiger partial charge in [0, 0.05) is 42.7 Å². The molecule has 0 aromatic carbocycles. The van der Waals surface area contributed by atoms with Crippen LogP contribution in [0.15, 0.2) is 0 Å². The van der Waals surface area contributed by atoms with Crippen molar-refractivity contribution < 1.29 is 58.3 Å². The Balaban J connectivity index is 1.77. The molecule has 2 saturated heterocycles. The highest BCUT2D eigenvalue weighted by atomic mass is 32.2. The first-order valence-electron chi connectivity index (χ1n) is 21.1. The van der Waals surface area contributed by atoms with E-state index in [4.69, 9.17) is 10.9 Å². The Labute approximate surface area is 365 Å². The first-order valence-corrected chi connectivity index (χ1v) is 22.2. The number of carboxylic acid groups (broad SMARTS) is 1. The minimum absolute atomic E-state index is 0.0509. The summed E-state index contributed by atoms with van der Waals surface area (Å²) in [6, 6.07) is -3.49. The van der Waals surface area contributed by atoms with Gasteiger partial charge in [0.1, 0.15) is 18.1 Å². The molecule has 0 aliphatic carbocycles. The van der Waals surface area contributed by atoms with Gasteiger partial charge >= 0.3 is 12.0 Å². The number of carbonyl (C=O) groups is 10. The van der Waals surface area contributed by atoms with Crippen molar-refractivity contribution in [3.05, 3.63) is 0 Å². The Kier molecular flexibility index (Phi) is 23.6. The van der Waals surface area contributed by atoms with Gasteiger partial charge in [-0.25, -0.2) is 10.3 Å². The Bertz CT molecular complexity index is 1580. The average Bonchev–Trinajstić information content (AvgIpc) is 3.76. The van der Waals surface area contributed by atoms with Crippen molar-refractivity contribution in [3.8, 4) is 0 Å². The number of nitrogens with one attached hydrogen (secondary N) is 9. The van der Waals surface area contributed by atoms with E-state index in [1.807, 2.05) is 11.8 Å². The van der Waals surface area contributed by atoms with Gasteiger partial charge in [0.05, 0.1) is 25.2 Å². The molecule has 1 unspecified atom stereocenters. The molecule has 0 saturated carbocycles. The number of aliphatic carboxylic acids is 1. The van der Waals surface area contributed by atoms with Gasteiger partial charge in [0.15, 0.2) is 0 Å². The first kappa shape index (κ1) is 52.9. The van der Waals surface area contributed by atoms with Crippen LogP contribution >= 0.6 is 11.8 Å². The van der Waals surface area contributed by atoms with Crippen LogP contribution in [0.1, 0.15) is 105 Å². The summed E-state index contributed by atoms with van der Waals surface area (Å²) >= 11 is 1.83. The van der Waals surface area contributed by atoms with E-state index in [1.54, 1.807) is 27.7 Å². The largest absolute Gasteiger partial charge is 0.481 e. The number of thioether (sulfide) groups is 1. The molecule has 2 heterocycles. The number of unbranched alkanes of at least 4 members (excludes halogenated alkanes) is 2. The molecule has 10 amide bonds. The molecule has 62 heavy (non-hydrogen) atoms. The van der Waals surface area contributed by atoms with Gasteiger partial charge in [-0.3, -0.25) is 48.4 Å². The molecule has 13 N–H and O–H groups in total. The number of amides is 10. The summed E-state index contributed by atoms with van der Waals surface area (Å²) in [6.45, 7) is 6.38. The summed E-state index contributed by atoms with van der Waals surface area (Å²) in [5.74, 6) is -7.06. The Morgan fingerprint density at radius 2 is 1.39 bits per heavy atom. The van der Waals surface area contributed by atoms with Crippen LogP contribution in [0.2, 0.25) is 0 Å². The monoisotopic (exact) mass is 898 g/mol. The molecule has 23 heteroatoms. The molecule has 0 radical (unpaired) electrons. The quantitative estimate of drug-likeness (QED) is 0.0172. The van der Waals surface area contributed by atoms with Gasteiger partial charge < -0.3 is 53.4 Å². The van der Waals surface area contributed by atoms with Crippen molar-refractivity contribution >= 4 is 71.0 Å². The third-order valence-corrected chi connectivity index (χ3v) is 11.7. The second kappa shape index (κ2) is 27.7. The fourth-order valence-electron chi connectivity index (χ4n) is 7.05. The average molecular weight is 899 g/mol. The highest BCUT2D eigenvalue weighted by molar-refractivity contribution is 8.00. The van der Waals surface area contributed by atoms with Crippen LogP contribution < -0.4 is 53.7 Å². The van der Waals surface area contributed by atoms with E-state index in [9.17, 15) is 53.1 Å². The molecule has 0 spiro atoms. The van der Waals surface area contributed by atoms with Crippen molar-refractivity contribution in [2.24, 2.45) is 23.5 Å². The van der Waals surface area contributed by atoms with Crippen LogP contribution in [0.5, 0.6) is 0 Å². The van der Waals surface area contributed by atoms with E-state index in [0.29, 0.717) is 31.1 Å². The maximum absolute atomic E-state index is 13.4. The molecule has 350 valence electrons. The van der Waals surface area contributed by atoms with Gasteiger partial charge in [-0.2, -0.15) is 11.8 Å². The fourth-order valence-corrected chi connectivity index (χ4v) is 8.59. The number of nitrogens with two attached hydrogens (primary N) is 1. The lowest BCUT2D eigenvalue weighted by atomic mass is 9.92.